The predicted octanol–water partition coefficient (Wildman–Crippen LogP) is 2.40. The summed E-state index contributed by atoms with van der Waals surface area (Å²) in [4.78, 5) is 40.9. The van der Waals surface area contributed by atoms with Crippen LogP contribution in [0.2, 0.25) is 0 Å². The third-order valence-corrected chi connectivity index (χ3v) is 5.62. The summed E-state index contributed by atoms with van der Waals surface area (Å²) in [7, 11) is 0. The van der Waals surface area contributed by atoms with Crippen molar-refractivity contribution in [3.05, 3.63) is 46.1 Å². The molecule has 2 aromatic heterocycles. The van der Waals surface area contributed by atoms with Crippen LogP contribution in [0.5, 0.6) is 0 Å². The largest absolute Gasteiger partial charge is 0.287 e. The number of carbonyl (C=O) groups is 2. The van der Waals surface area contributed by atoms with Gasteiger partial charge in [0.2, 0.25) is 11.8 Å². The zero-order valence-corrected chi connectivity index (χ0v) is 16.4. The zero-order valence-electron chi connectivity index (χ0n) is 14.8. The number of nitrogens with one attached hydrogen (secondary N) is 2. The molecule has 7 nitrogen and oxygen atoms in total. The van der Waals surface area contributed by atoms with E-state index >= 15 is 0 Å². The van der Waals surface area contributed by atoms with Crippen LogP contribution in [-0.4, -0.2) is 27.1 Å². The Kier molecular flexibility index (Phi) is 5.92. The van der Waals surface area contributed by atoms with E-state index in [0.29, 0.717) is 21.9 Å². The summed E-state index contributed by atoms with van der Waals surface area (Å²) in [6, 6.07) is 9.73. The molecule has 1 aromatic carbocycles. The molecule has 0 aliphatic heterocycles. The number of hydrogen-bond acceptors (Lipinski definition) is 6. The first-order valence-electron chi connectivity index (χ1n) is 8.27. The highest BCUT2D eigenvalue weighted by molar-refractivity contribution is 7.99. The molecule has 0 aliphatic rings. The molecule has 0 aliphatic carbocycles. The number of thioether (sulfide) groups is 1. The molecular formula is C18H18N4O3S2. The molecule has 2 N–H and O–H groups in total. The fraction of sp³-hybridized carbons (Fsp3) is 0.222. The van der Waals surface area contributed by atoms with Crippen molar-refractivity contribution < 1.29 is 9.59 Å². The van der Waals surface area contributed by atoms with Crippen molar-refractivity contribution in [2.24, 2.45) is 0 Å². The lowest BCUT2D eigenvalue weighted by molar-refractivity contribution is -0.126. The third kappa shape index (κ3) is 4.20. The van der Waals surface area contributed by atoms with Crippen molar-refractivity contribution >= 4 is 45.1 Å². The van der Waals surface area contributed by atoms with Crippen LogP contribution in [0, 0.1) is 0 Å². The molecule has 0 saturated carbocycles. The predicted molar refractivity (Wildman–Crippen MR) is 108 cm³/mol. The molecule has 140 valence electrons. The average molecular weight is 403 g/mol. The van der Waals surface area contributed by atoms with E-state index in [1.807, 2.05) is 42.6 Å². The van der Waals surface area contributed by atoms with Crippen molar-refractivity contribution in [2.75, 3.05) is 5.75 Å². The molecule has 0 saturated heterocycles. The van der Waals surface area contributed by atoms with E-state index in [2.05, 4.69) is 15.8 Å². The number of fused-ring (bicyclic) bond motifs is 1. The lowest BCUT2D eigenvalue weighted by atomic mass is 10.1. The highest BCUT2D eigenvalue weighted by Gasteiger charge is 2.17. The minimum absolute atomic E-state index is 0.0368. The first-order valence-corrected chi connectivity index (χ1v) is 10.1. The zero-order chi connectivity index (χ0) is 19.4. The van der Waals surface area contributed by atoms with Gasteiger partial charge >= 0.3 is 0 Å². The van der Waals surface area contributed by atoms with E-state index in [-0.39, 0.29) is 23.1 Å². The quantitative estimate of drug-likeness (QED) is 0.388. The van der Waals surface area contributed by atoms with Crippen LogP contribution in [0.1, 0.15) is 13.8 Å². The molecule has 0 spiro atoms. The molecule has 0 bridgehead atoms. The van der Waals surface area contributed by atoms with Crippen LogP contribution < -0.4 is 16.4 Å². The molecule has 3 aromatic rings. The summed E-state index contributed by atoms with van der Waals surface area (Å²) < 4.78 is 1.57. The van der Waals surface area contributed by atoms with Gasteiger partial charge in [0.05, 0.1) is 11.1 Å². The van der Waals surface area contributed by atoms with Crippen LogP contribution in [0.25, 0.3) is 21.3 Å². The number of aromatic nitrogens is 2. The number of rotatable bonds is 5. The van der Waals surface area contributed by atoms with Gasteiger partial charge < -0.3 is 0 Å². The minimum atomic E-state index is -0.372. The number of thiophene rings is 1. The van der Waals surface area contributed by atoms with Gasteiger partial charge in [-0.25, -0.2) is 4.98 Å². The number of benzene rings is 1. The molecule has 0 radical (unpaired) electrons. The molecule has 2 heterocycles. The van der Waals surface area contributed by atoms with Gasteiger partial charge in [-0.2, -0.15) is 0 Å². The topological polar surface area (TPSA) is 93.1 Å². The van der Waals surface area contributed by atoms with Gasteiger partial charge in [0, 0.05) is 24.4 Å². The molecule has 27 heavy (non-hydrogen) atoms. The van der Waals surface area contributed by atoms with Gasteiger partial charge in [0.1, 0.15) is 4.83 Å². The fourth-order valence-electron chi connectivity index (χ4n) is 2.55. The molecule has 0 unspecified atom stereocenters. The van der Waals surface area contributed by atoms with Gasteiger partial charge in [-0.1, -0.05) is 42.1 Å². The molecule has 0 atom stereocenters. The summed E-state index contributed by atoms with van der Waals surface area (Å²) in [6.45, 7) is 3.62. The smallest absolute Gasteiger partial charge is 0.263 e. The Bertz CT molecular complexity index is 1040. The highest BCUT2D eigenvalue weighted by atomic mass is 32.2. The van der Waals surface area contributed by atoms with E-state index in [1.165, 1.54) is 18.3 Å². The molecule has 3 rings (SSSR count). The number of hydrogen-bond donors (Lipinski definition) is 2. The van der Waals surface area contributed by atoms with Crippen molar-refractivity contribution in [3.63, 3.8) is 0 Å². The molecule has 0 fully saturated rings. The number of nitrogens with zero attached hydrogens (tertiary/aromatic N) is 2. The normalized spacial score (nSPS) is 10.7. The Labute approximate surface area is 163 Å². The van der Waals surface area contributed by atoms with Crippen LogP contribution in [-0.2, 0) is 16.1 Å². The number of carbonyl (C=O) groups excluding carboxylic acids is 2. The second kappa shape index (κ2) is 8.36. The maximum absolute atomic E-state index is 13.1. The van der Waals surface area contributed by atoms with Gasteiger partial charge in [-0.15, -0.1) is 11.3 Å². The fourth-order valence-corrected chi connectivity index (χ4v) is 4.40. The van der Waals surface area contributed by atoms with Crippen LogP contribution in [0.4, 0.5) is 0 Å². The van der Waals surface area contributed by atoms with Gasteiger partial charge in [-0.05, 0) is 12.5 Å². The van der Waals surface area contributed by atoms with Crippen LogP contribution in [0.3, 0.4) is 0 Å². The summed E-state index contributed by atoms with van der Waals surface area (Å²) in [5.74, 6) is -0.691. The summed E-state index contributed by atoms with van der Waals surface area (Å²) >= 11 is 2.57. The Morgan fingerprint density at radius 3 is 2.63 bits per heavy atom. The number of amides is 2. The van der Waals surface area contributed by atoms with E-state index in [4.69, 9.17) is 0 Å². The van der Waals surface area contributed by atoms with E-state index < -0.39 is 0 Å². The van der Waals surface area contributed by atoms with Crippen molar-refractivity contribution in [2.45, 2.75) is 25.5 Å². The molecular weight excluding hydrogens is 384 g/mol. The van der Waals surface area contributed by atoms with Gasteiger partial charge in [0.25, 0.3) is 5.56 Å². The monoisotopic (exact) mass is 402 g/mol. The third-order valence-electron chi connectivity index (χ3n) is 3.77. The number of hydrazine groups is 1. The highest BCUT2D eigenvalue weighted by Crippen LogP contribution is 2.32. The standard InChI is InChI=1S/C18H18N4O3S2/c1-3-22-17(25)15-13(12-7-5-4-6-8-12)9-26-16(15)19-18(22)27-10-14(24)21-20-11(2)23/h4-9H,3,10H2,1-2H3,(H,20,23)(H,21,24). The maximum Gasteiger partial charge on any atom is 0.263 e. The first-order chi connectivity index (χ1) is 13.0. The summed E-state index contributed by atoms with van der Waals surface area (Å²) in [5.41, 5.74) is 6.25. The first kappa shape index (κ1) is 19.1. The Morgan fingerprint density at radius 1 is 1.22 bits per heavy atom. The average Bonchev–Trinajstić information content (AvgIpc) is 3.09. The van der Waals surface area contributed by atoms with Gasteiger partial charge in [-0.3, -0.25) is 29.8 Å². The van der Waals surface area contributed by atoms with E-state index in [9.17, 15) is 14.4 Å². The summed E-state index contributed by atoms with van der Waals surface area (Å²) in [5, 5.41) is 3.02. The lowest BCUT2D eigenvalue weighted by Crippen LogP contribution is -2.41. The van der Waals surface area contributed by atoms with Crippen LogP contribution >= 0.6 is 23.1 Å². The Morgan fingerprint density at radius 2 is 1.96 bits per heavy atom. The Balaban J connectivity index is 1.93. The van der Waals surface area contributed by atoms with Crippen molar-refractivity contribution in [1.29, 1.82) is 0 Å². The summed E-state index contributed by atoms with van der Waals surface area (Å²) in [6.07, 6.45) is 0. The molecule has 9 heteroatoms. The van der Waals surface area contributed by atoms with Gasteiger partial charge in [0.15, 0.2) is 5.16 Å². The second-order valence-corrected chi connectivity index (χ2v) is 7.46. The van der Waals surface area contributed by atoms with Crippen LogP contribution in [0.15, 0.2) is 45.7 Å². The molecule has 2 amide bonds. The van der Waals surface area contributed by atoms with Crippen molar-refractivity contribution in [3.8, 4) is 11.1 Å². The second-order valence-electron chi connectivity index (χ2n) is 5.66. The van der Waals surface area contributed by atoms with E-state index in [0.717, 1.165) is 22.9 Å². The van der Waals surface area contributed by atoms with E-state index in [1.54, 1.807) is 4.57 Å². The van der Waals surface area contributed by atoms with Crippen molar-refractivity contribution in [1.82, 2.24) is 20.4 Å². The maximum atomic E-state index is 13.1. The Hall–Kier alpha value is -2.65. The lowest BCUT2D eigenvalue weighted by Gasteiger charge is -2.10. The minimum Gasteiger partial charge on any atom is -0.287 e. The SMILES string of the molecule is CCn1c(SCC(=O)NNC(C)=O)nc2scc(-c3ccccc3)c2c1=O.